The van der Waals surface area contributed by atoms with Crippen LogP contribution >= 0.6 is 0 Å². The molecule has 0 aromatic heterocycles. The van der Waals surface area contributed by atoms with Crippen molar-refractivity contribution in [1.29, 1.82) is 0 Å². The quantitative estimate of drug-likeness (QED) is 0.654. The summed E-state index contributed by atoms with van der Waals surface area (Å²) in [6, 6.07) is 15.1. The lowest BCUT2D eigenvalue weighted by Crippen LogP contribution is -2.10. The molecule has 0 saturated carbocycles. The van der Waals surface area contributed by atoms with E-state index in [1.54, 1.807) is 12.1 Å². The molecule has 4 nitrogen and oxygen atoms in total. The number of rotatable bonds is 6. The molecule has 2 N–H and O–H groups in total. The van der Waals surface area contributed by atoms with E-state index in [0.717, 1.165) is 11.1 Å². The molecule has 2 aromatic carbocycles. The van der Waals surface area contributed by atoms with Gasteiger partial charge in [0.1, 0.15) is 12.4 Å². The van der Waals surface area contributed by atoms with Crippen molar-refractivity contribution in [2.45, 2.75) is 20.0 Å². The molecule has 0 unspecified atom stereocenters. The van der Waals surface area contributed by atoms with Crippen molar-refractivity contribution >= 4 is 11.7 Å². The zero-order valence-corrected chi connectivity index (χ0v) is 12.0. The summed E-state index contributed by atoms with van der Waals surface area (Å²) in [6.45, 7) is 2.54. The van der Waals surface area contributed by atoms with Crippen LogP contribution in [-0.2, 0) is 16.1 Å². The molecular formula is C17H19NO3. The van der Waals surface area contributed by atoms with Crippen LogP contribution in [0.4, 0.5) is 5.69 Å². The van der Waals surface area contributed by atoms with Crippen LogP contribution in [0.3, 0.4) is 0 Å². The number of anilines is 1. The summed E-state index contributed by atoms with van der Waals surface area (Å²) < 4.78 is 10.7. The summed E-state index contributed by atoms with van der Waals surface area (Å²) in [4.78, 5) is 11.6. The Morgan fingerprint density at radius 3 is 2.71 bits per heavy atom. The van der Waals surface area contributed by atoms with Crippen molar-refractivity contribution < 1.29 is 14.3 Å². The molecule has 0 aliphatic carbocycles. The number of carbonyl (C=O) groups excluding carboxylic acids is 1. The summed E-state index contributed by atoms with van der Waals surface area (Å²) in [5, 5.41) is 0. The molecule has 0 aliphatic heterocycles. The maximum absolute atomic E-state index is 11.6. The Morgan fingerprint density at radius 2 is 1.95 bits per heavy atom. The standard InChI is InChI=1S/C17H19NO3/c1-13-5-4-6-14(11-13)12-21-17(19)9-10-20-16-8-3-2-7-15(16)18/h2-8,11H,9-10,12,18H2,1H3. The highest BCUT2D eigenvalue weighted by Crippen LogP contribution is 2.19. The molecule has 21 heavy (non-hydrogen) atoms. The summed E-state index contributed by atoms with van der Waals surface area (Å²) in [6.07, 6.45) is 0.195. The van der Waals surface area contributed by atoms with Gasteiger partial charge in [-0.05, 0) is 24.6 Å². The molecule has 0 bridgehead atoms. The van der Waals surface area contributed by atoms with E-state index in [-0.39, 0.29) is 25.6 Å². The molecule has 0 amide bonds. The fraction of sp³-hybridized carbons (Fsp3) is 0.235. The lowest BCUT2D eigenvalue weighted by atomic mass is 10.1. The summed E-state index contributed by atoms with van der Waals surface area (Å²) in [5.74, 6) is 0.301. The Kier molecular flexibility index (Phi) is 5.21. The van der Waals surface area contributed by atoms with E-state index < -0.39 is 0 Å². The second-order valence-corrected chi connectivity index (χ2v) is 4.79. The SMILES string of the molecule is Cc1cccc(COC(=O)CCOc2ccccc2N)c1. The van der Waals surface area contributed by atoms with E-state index in [2.05, 4.69) is 0 Å². The van der Waals surface area contributed by atoms with Crippen molar-refractivity contribution in [2.24, 2.45) is 0 Å². The first kappa shape index (κ1) is 14.9. The van der Waals surface area contributed by atoms with Gasteiger partial charge in [-0.1, -0.05) is 42.0 Å². The maximum atomic E-state index is 11.6. The predicted molar refractivity (Wildman–Crippen MR) is 81.9 cm³/mol. The molecule has 110 valence electrons. The van der Waals surface area contributed by atoms with Gasteiger partial charge >= 0.3 is 5.97 Å². The third-order valence-electron chi connectivity index (χ3n) is 2.97. The van der Waals surface area contributed by atoms with Gasteiger partial charge in [0.05, 0.1) is 18.7 Å². The molecule has 2 aromatic rings. The summed E-state index contributed by atoms with van der Waals surface area (Å²) in [5.41, 5.74) is 8.43. The Morgan fingerprint density at radius 1 is 1.14 bits per heavy atom. The van der Waals surface area contributed by atoms with Gasteiger partial charge in [0.15, 0.2) is 0 Å². The molecule has 4 heteroatoms. The number of aryl methyl sites for hydroxylation is 1. The Balaban J connectivity index is 1.72. The molecule has 0 radical (unpaired) electrons. The number of hydrogen-bond acceptors (Lipinski definition) is 4. The van der Waals surface area contributed by atoms with Gasteiger partial charge in [-0.2, -0.15) is 0 Å². The highest BCUT2D eigenvalue weighted by Gasteiger charge is 2.05. The first-order valence-electron chi connectivity index (χ1n) is 6.83. The van der Waals surface area contributed by atoms with Gasteiger partial charge in [-0.15, -0.1) is 0 Å². The van der Waals surface area contributed by atoms with Crippen LogP contribution in [0.5, 0.6) is 5.75 Å². The average molecular weight is 285 g/mol. The average Bonchev–Trinajstić information content (AvgIpc) is 2.47. The first-order chi connectivity index (χ1) is 10.1. The van der Waals surface area contributed by atoms with Crippen molar-refractivity contribution in [3.05, 3.63) is 59.7 Å². The highest BCUT2D eigenvalue weighted by molar-refractivity contribution is 5.69. The number of nitrogen functional groups attached to an aromatic ring is 1. The van der Waals surface area contributed by atoms with Gasteiger partial charge in [0.25, 0.3) is 0 Å². The third-order valence-corrected chi connectivity index (χ3v) is 2.97. The highest BCUT2D eigenvalue weighted by atomic mass is 16.5. The van der Waals surface area contributed by atoms with Crippen LogP contribution in [0, 0.1) is 6.92 Å². The van der Waals surface area contributed by atoms with Crippen LogP contribution in [0.25, 0.3) is 0 Å². The fourth-order valence-corrected chi connectivity index (χ4v) is 1.89. The van der Waals surface area contributed by atoms with E-state index >= 15 is 0 Å². The molecule has 0 fully saturated rings. The second kappa shape index (κ2) is 7.33. The lowest BCUT2D eigenvalue weighted by molar-refractivity contribution is -0.145. The van der Waals surface area contributed by atoms with Gasteiger partial charge < -0.3 is 15.2 Å². The fourth-order valence-electron chi connectivity index (χ4n) is 1.89. The summed E-state index contributed by atoms with van der Waals surface area (Å²) in [7, 11) is 0. The minimum Gasteiger partial charge on any atom is -0.491 e. The normalized spacial score (nSPS) is 10.1. The molecule has 0 aliphatic rings. The number of carbonyl (C=O) groups is 1. The largest absolute Gasteiger partial charge is 0.491 e. The zero-order valence-electron chi connectivity index (χ0n) is 12.0. The topological polar surface area (TPSA) is 61.5 Å². The number of benzene rings is 2. The van der Waals surface area contributed by atoms with Crippen LogP contribution in [0.1, 0.15) is 17.5 Å². The zero-order chi connectivity index (χ0) is 15.1. The van der Waals surface area contributed by atoms with E-state index in [1.165, 1.54) is 0 Å². The lowest BCUT2D eigenvalue weighted by Gasteiger charge is -2.09. The van der Waals surface area contributed by atoms with Crippen molar-refractivity contribution in [2.75, 3.05) is 12.3 Å². The number of nitrogens with two attached hydrogens (primary N) is 1. The number of hydrogen-bond donors (Lipinski definition) is 1. The minimum absolute atomic E-state index is 0.195. The van der Waals surface area contributed by atoms with Gasteiger partial charge in [0.2, 0.25) is 0 Å². The smallest absolute Gasteiger partial charge is 0.309 e. The van der Waals surface area contributed by atoms with Crippen molar-refractivity contribution in [3.63, 3.8) is 0 Å². The Hall–Kier alpha value is -2.49. The second-order valence-electron chi connectivity index (χ2n) is 4.79. The molecule has 0 heterocycles. The Bertz CT molecular complexity index is 610. The molecule has 2 rings (SSSR count). The van der Waals surface area contributed by atoms with Gasteiger partial charge in [-0.25, -0.2) is 0 Å². The van der Waals surface area contributed by atoms with Crippen LogP contribution in [0.2, 0.25) is 0 Å². The Labute approximate surface area is 124 Å². The first-order valence-corrected chi connectivity index (χ1v) is 6.83. The monoisotopic (exact) mass is 285 g/mol. The van der Waals surface area contributed by atoms with Crippen LogP contribution < -0.4 is 10.5 Å². The molecular weight excluding hydrogens is 266 g/mol. The molecule has 0 atom stereocenters. The van der Waals surface area contributed by atoms with E-state index in [1.807, 2.05) is 43.3 Å². The van der Waals surface area contributed by atoms with Crippen molar-refractivity contribution in [3.8, 4) is 5.75 Å². The van der Waals surface area contributed by atoms with E-state index in [9.17, 15) is 4.79 Å². The minimum atomic E-state index is -0.286. The van der Waals surface area contributed by atoms with Gasteiger partial charge in [0, 0.05) is 0 Å². The molecule has 0 spiro atoms. The van der Waals surface area contributed by atoms with E-state index in [4.69, 9.17) is 15.2 Å². The number of para-hydroxylation sites is 2. The summed E-state index contributed by atoms with van der Waals surface area (Å²) >= 11 is 0. The van der Waals surface area contributed by atoms with Crippen LogP contribution in [0.15, 0.2) is 48.5 Å². The van der Waals surface area contributed by atoms with E-state index in [0.29, 0.717) is 11.4 Å². The predicted octanol–water partition coefficient (Wildman–Crippen LogP) is 3.09. The molecule has 0 saturated heterocycles. The maximum Gasteiger partial charge on any atom is 0.309 e. The number of esters is 1. The van der Waals surface area contributed by atoms with Crippen LogP contribution in [-0.4, -0.2) is 12.6 Å². The third kappa shape index (κ3) is 4.84. The van der Waals surface area contributed by atoms with Crippen molar-refractivity contribution in [1.82, 2.24) is 0 Å². The van der Waals surface area contributed by atoms with Gasteiger partial charge in [-0.3, -0.25) is 4.79 Å². The number of ether oxygens (including phenoxy) is 2.